The fraction of sp³-hybridized carbons (Fsp3) is 0.750. The summed E-state index contributed by atoms with van der Waals surface area (Å²) in [7, 11) is -3.06. The topological polar surface area (TPSA) is 54.4 Å². The third-order valence-electron chi connectivity index (χ3n) is 2.25. The molecule has 4 heteroatoms. The van der Waals surface area contributed by atoms with Crippen LogP contribution in [-0.4, -0.2) is 30.6 Å². The molecule has 0 aromatic carbocycles. The summed E-state index contributed by atoms with van der Waals surface area (Å²) >= 11 is 0. The number of sulfone groups is 1. The van der Waals surface area contributed by atoms with Gasteiger partial charge in [0.2, 0.25) is 0 Å². The standard InChI is InChI=1S/C8H14O3S/c1-2-7(9)8-5-3-4-6-12(8,10)11/h2,7-9H,1,3-6H2. The summed E-state index contributed by atoms with van der Waals surface area (Å²) in [5.41, 5.74) is 0. The van der Waals surface area contributed by atoms with Gasteiger partial charge in [0, 0.05) is 0 Å². The molecule has 0 spiro atoms. The minimum Gasteiger partial charge on any atom is -0.388 e. The van der Waals surface area contributed by atoms with E-state index in [0.717, 1.165) is 12.8 Å². The van der Waals surface area contributed by atoms with E-state index in [1.807, 2.05) is 0 Å². The Morgan fingerprint density at radius 3 is 2.67 bits per heavy atom. The quantitative estimate of drug-likeness (QED) is 0.645. The molecular weight excluding hydrogens is 176 g/mol. The minimum absolute atomic E-state index is 0.211. The molecule has 1 aliphatic heterocycles. The first-order valence-corrected chi connectivity index (χ1v) is 5.81. The maximum absolute atomic E-state index is 11.4. The second kappa shape index (κ2) is 3.58. The first-order valence-electron chi connectivity index (χ1n) is 4.10. The molecule has 0 bridgehead atoms. The predicted octanol–water partition coefficient (Wildman–Crippen LogP) is 0.501. The van der Waals surface area contributed by atoms with Crippen LogP contribution in [0.1, 0.15) is 19.3 Å². The summed E-state index contributed by atoms with van der Waals surface area (Å²) in [6.07, 6.45) is 2.58. The lowest BCUT2D eigenvalue weighted by molar-refractivity contribution is 0.208. The highest BCUT2D eigenvalue weighted by atomic mass is 32.2. The van der Waals surface area contributed by atoms with Crippen molar-refractivity contribution in [1.29, 1.82) is 0 Å². The fourth-order valence-electron chi connectivity index (χ4n) is 1.51. The molecule has 2 atom stereocenters. The number of rotatable bonds is 2. The molecule has 0 aromatic rings. The molecule has 1 rings (SSSR count). The molecule has 70 valence electrons. The first-order chi connectivity index (χ1) is 5.58. The highest BCUT2D eigenvalue weighted by molar-refractivity contribution is 7.92. The number of hydrogen-bond donors (Lipinski definition) is 1. The molecule has 0 saturated carbocycles. The van der Waals surface area contributed by atoms with Gasteiger partial charge in [-0.1, -0.05) is 12.5 Å². The van der Waals surface area contributed by atoms with Crippen LogP contribution in [0.4, 0.5) is 0 Å². The van der Waals surface area contributed by atoms with Gasteiger partial charge >= 0.3 is 0 Å². The summed E-state index contributed by atoms with van der Waals surface area (Å²) in [5.74, 6) is 0.211. The molecule has 0 radical (unpaired) electrons. The fourth-order valence-corrected chi connectivity index (χ4v) is 3.49. The monoisotopic (exact) mass is 190 g/mol. The van der Waals surface area contributed by atoms with E-state index in [4.69, 9.17) is 0 Å². The zero-order valence-corrected chi connectivity index (χ0v) is 7.76. The van der Waals surface area contributed by atoms with Gasteiger partial charge in [-0.2, -0.15) is 0 Å². The van der Waals surface area contributed by atoms with Crippen molar-refractivity contribution in [3.8, 4) is 0 Å². The lowest BCUT2D eigenvalue weighted by Crippen LogP contribution is -2.37. The second-order valence-electron chi connectivity index (χ2n) is 3.13. The van der Waals surface area contributed by atoms with Crippen molar-refractivity contribution in [3.63, 3.8) is 0 Å². The van der Waals surface area contributed by atoms with Gasteiger partial charge in [0.1, 0.15) is 0 Å². The summed E-state index contributed by atoms with van der Waals surface area (Å²) in [4.78, 5) is 0. The number of aliphatic hydroxyl groups excluding tert-OH is 1. The van der Waals surface area contributed by atoms with Crippen LogP contribution in [0.5, 0.6) is 0 Å². The van der Waals surface area contributed by atoms with Gasteiger partial charge in [-0.15, -0.1) is 6.58 Å². The molecule has 0 aliphatic carbocycles. The third-order valence-corrected chi connectivity index (χ3v) is 4.55. The number of aliphatic hydroxyl groups is 1. The summed E-state index contributed by atoms with van der Waals surface area (Å²) in [6.45, 7) is 3.39. The van der Waals surface area contributed by atoms with Gasteiger partial charge in [0.05, 0.1) is 17.1 Å². The van der Waals surface area contributed by atoms with Gasteiger partial charge in [-0.25, -0.2) is 8.42 Å². The van der Waals surface area contributed by atoms with E-state index in [2.05, 4.69) is 6.58 Å². The second-order valence-corrected chi connectivity index (χ2v) is 5.47. The minimum atomic E-state index is -3.06. The molecule has 1 fully saturated rings. The van der Waals surface area contributed by atoms with E-state index in [-0.39, 0.29) is 5.75 Å². The van der Waals surface area contributed by atoms with Gasteiger partial charge in [0.15, 0.2) is 9.84 Å². The van der Waals surface area contributed by atoms with E-state index < -0.39 is 21.2 Å². The molecule has 3 nitrogen and oxygen atoms in total. The SMILES string of the molecule is C=CC(O)C1CCCCS1(=O)=O. The van der Waals surface area contributed by atoms with Crippen molar-refractivity contribution < 1.29 is 13.5 Å². The smallest absolute Gasteiger partial charge is 0.156 e. The Labute approximate surface area is 73.0 Å². The highest BCUT2D eigenvalue weighted by Gasteiger charge is 2.32. The Bertz CT molecular complexity index is 255. The largest absolute Gasteiger partial charge is 0.388 e. The molecule has 1 saturated heterocycles. The van der Waals surface area contributed by atoms with Crippen LogP contribution in [0.2, 0.25) is 0 Å². The molecule has 0 amide bonds. The van der Waals surface area contributed by atoms with E-state index >= 15 is 0 Å². The van der Waals surface area contributed by atoms with Crippen LogP contribution in [0.25, 0.3) is 0 Å². The van der Waals surface area contributed by atoms with Gasteiger partial charge < -0.3 is 5.11 Å². The van der Waals surface area contributed by atoms with E-state index in [1.54, 1.807) is 0 Å². The summed E-state index contributed by atoms with van der Waals surface area (Å²) in [5, 5.41) is 8.71. The van der Waals surface area contributed by atoms with Crippen molar-refractivity contribution in [2.24, 2.45) is 0 Å². The molecule has 2 unspecified atom stereocenters. The maximum atomic E-state index is 11.4. The van der Waals surface area contributed by atoms with Crippen molar-refractivity contribution >= 4 is 9.84 Å². The van der Waals surface area contributed by atoms with E-state index in [1.165, 1.54) is 6.08 Å². The normalized spacial score (nSPS) is 30.9. The predicted molar refractivity (Wildman–Crippen MR) is 47.6 cm³/mol. The Kier molecular flexibility index (Phi) is 2.90. The van der Waals surface area contributed by atoms with Gasteiger partial charge in [-0.3, -0.25) is 0 Å². The lowest BCUT2D eigenvalue weighted by Gasteiger charge is -2.24. The van der Waals surface area contributed by atoms with Crippen LogP contribution >= 0.6 is 0 Å². The van der Waals surface area contributed by atoms with Crippen LogP contribution in [0.3, 0.4) is 0 Å². The third kappa shape index (κ3) is 1.87. The zero-order chi connectivity index (χ0) is 9.19. The molecule has 0 aromatic heterocycles. The van der Waals surface area contributed by atoms with Crippen molar-refractivity contribution in [2.45, 2.75) is 30.6 Å². The van der Waals surface area contributed by atoms with Gasteiger partial charge in [-0.05, 0) is 12.8 Å². The van der Waals surface area contributed by atoms with Crippen LogP contribution in [0, 0.1) is 0 Å². The maximum Gasteiger partial charge on any atom is 0.156 e. The Hall–Kier alpha value is -0.350. The summed E-state index contributed by atoms with van der Waals surface area (Å²) < 4.78 is 22.7. The zero-order valence-electron chi connectivity index (χ0n) is 6.94. The molecule has 12 heavy (non-hydrogen) atoms. The van der Waals surface area contributed by atoms with Crippen LogP contribution in [-0.2, 0) is 9.84 Å². The van der Waals surface area contributed by atoms with Crippen molar-refractivity contribution in [3.05, 3.63) is 12.7 Å². The van der Waals surface area contributed by atoms with Crippen LogP contribution in [0.15, 0.2) is 12.7 Å². The Balaban J connectivity index is 2.80. The van der Waals surface area contributed by atoms with Gasteiger partial charge in [0.25, 0.3) is 0 Å². The summed E-state index contributed by atoms with van der Waals surface area (Å²) in [6, 6.07) is 0. The Morgan fingerprint density at radius 1 is 1.50 bits per heavy atom. The Morgan fingerprint density at radius 2 is 2.17 bits per heavy atom. The first kappa shape index (κ1) is 9.74. The van der Waals surface area contributed by atoms with E-state index in [9.17, 15) is 13.5 Å². The molecule has 1 heterocycles. The van der Waals surface area contributed by atoms with E-state index in [0.29, 0.717) is 6.42 Å². The van der Waals surface area contributed by atoms with Crippen molar-refractivity contribution in [1.82, 2.24) is 0 Å². The van der Waals surface area contributed by atoms with Crippen LogP contribution < -0.4 is 0 Å². The molecular formula is C8H14O3S. The molecule has 1 aliphatic rings. The molecule has 1 N–H and O–H groups in total. The average Bonchev–Trinajstić information content (AvgIpc) is 2.02. The lowest BCUT2D eigenvalue weighted by atomic mass is 10.1. The highest BCUT2D eigenvalue weighted by Crippen LogP contribution is 2.22. The average molecular weight is 190 g/mol. The van der Waals surface area contributed by atoms with Crippen molar-refractivity contribution in [2.75, 3.05) is 5.75 Å². The number of hydrogen-bond acceptors (Lipinski definition) is 3.